The standard InChI is InChI=1S/C17H18N2O4/c1-11(2)12-5-4-6-13(9-12)18-17(20)15-10-14(19(21)22)7-8-16(15)23-3/h4-11H,1-3H3,(H,18,20). The van der Waals surface area contributed by atoms with E-state index in [2.05, 4.69) is 19.2 Å². The van der Waals surface area contributed by atoms with Gasteiger partial charge in [-0.1, -0.05) is 26.0 Å². The molecule has 0 aliphatic rings. The van der Waals surface area contributed by atoms with Gasteiger partial charge in [-0.15, -0.1) is 0 Å². The van der Waals surface area contributed by atoms with Crippen LogP contribution >= 0.6 is 0 Å². The molecular weight excluding hydrogens is 296 g/mol. The molecule has 120 valence electrons. The third kappa shape index (κ3) is 3.85. The smallest absolute Gasteiger partial charge is 0.270 e. The Labute approximate surface area is 134 Å². The molecule has 0 aliphatic heterocycles. The molecule has 2 aromatic rings. The van der Waals surface area contributed by atoms with E-state index in [0.717, 1.165) is 5.56 Å². The summed E-state index contributed by atoms with van der Waals surface area (Å²) in [5, 5.41) is 13.6. The number of nitro benzene ring substituents is 1. The molecule has 0 spiro atoms. The largest absolute Gasteiger partial charge is 0.496 e. The molecule has 0 heterocycles. The number of carbonyl (C=O) groups is 1. The summed E-state index contributed by atoms with van der Waals surface area (Å²) in [6.07, 6.45) is 0. The maximum Gasteiger partial charge on any atom is 0.270 e. The van der Waals surface area contributed by atoms with Crippen molar-refractivity contribution in [3.8, 4) is 5.75 Å². The molecule has 0 aromatic heterocycles. The van der Waals surface area contributed by atoms with Crippen molar-refractivity contribution in [2.24, 2.45) is 0 Å². The molecule has 0 bridgehead atoms. The predicted molar refractivity (Wildman–Crippen MR) is 88.1 cm³/mol. The molecule has 1 N–H and O–H groups in total. The zero-order valence-electron chi connectivity index (χ0n) is 13.2. The summed E-state index contributed by atoms with van der Waals surface area (Å²) in [6, 6.07) is 11.4. The first-order chi connectivity index (χ1) is 10.9. The second kappa shape index (κ2) is 6.91. The monoisotopic (exact) mass is 314 g/mol. The van der Waals surface area contributed by atoms with Crippen molar-refractivity contribution in [2.75, 3.05) is 12.4 Å². The second-order valence-corrected chi connectivity index (χ2v) is 5.38. The maximum absolute atomic E-state index is 12.4. The van der Waals surface area contributed by atoms with Crippen molar-refractivity contribution in [3.63, 3.8) is 0 Å². The van der Waals surface area contributed by atoms with Crippen molar-refractivity contribution in [1.29, 1.82) is 0 Å². The number of nitrogens with one attached hydrogen (secondary N) is 1. The molecule has 0 fully saturated rings. The molecule has 0 saturated carbocycles. The van der Waals surface area contributed by atoms with E-state index in [1.165, 1.54) is 25.3 Å². The number of benzene rings is 2. The number of hydrogen-bond acceptors (Lipinski definition) is 4. The van der Waals surface area contributed by atoms with Gasteiger partial charge < -0.3 is 10.1 Å². The summed E-state index contributed by atoms with van der Waals surface area (Å²) in [5.41, 5.74) is 1.69. The summed E-state index contributed by atoms with van der Waals surface area (Å²) in [4.78, 5) is 22.8. The molecule has 0 unspecified atom stereocenters. The third-order valence-corrected chi connectivity index (χ3v) is 3.45. The molecule has 0 radical (unpaired) electrons. The lowest BCUT2D eigenvalue weighted by atomic mass is 10.0. The minimum atomic E-state index is -0.546. The Morgan fingerprint density at radius 2 is 1.96 bits per heavy atom. The summed E-state index contributed by atoms with van der Waals surface area (Å²) in [5.74, 6) is 0.166. The van der Waals surface area contributed by atoms with Gasteiger partial charge in [0.2, 0.25) is 0 Å². The number of rotatable bonds is 5. The number of nitro groups is 1. The van der Waals surface area contributed by atoms with Crippen LogP contribution in [0.3, 0.4) is 0 Å². The van der Waals surface area contributed by atoms with Gasteiger partial charge in [-0.2, -0.15) is 0 Å². The van der Waals surface area contributed by atoms with Crippen molar-refractivity contribution in [2.45, 2.75) is 19.8 Å². The molecule has 6 nitrogen and oxygen atoms in total. The van der Waals surface area contributed by atoms with Gasteiger partial charge in [0.25, 0.3) is 11.6 Å². The number of non-ortho nitro benzene ring substituents is 1. The fraction of sp³-hybridized carbons (Fsp3) is 0.235. The Morgan fingerprint density at radius 3 is 2.57 bits per heavy atom. The van der Waals surface area contributed by atoms with E-state index in [-0.39, 0.29) is 17.0 Å². The van der Waals surface area contributed by atoms with Crippen LogP contribution in [0.2, 0.25) is 0 Å². The summed E-state index contributed by atoms with van der Waals surface area (Å²) >= 11 is 0. The molecule has 23 heavy (non-hydrogen) atoms. The van der Waals surface area contributed by atoms with Gasteiger partial charge in [0, 0.05) is 17.8 Å². The first kappa shape index (κ1) is 16.5. The fourth-order valence-corrected chi connectivity index (χ4v) is 2.16. The molecule has 0 aliphatic carbocycles. The second-order valence-electron chi connectivity index (χ2n) is 5.38. The molecule has 1 amide bonds. The van der Waals surface area contributed by atoms with Crippen LogP contribution < -0.4 is 10.1 Å². The number of amides is 1. The highest BCUT2D eigenvalue weighted by molar-refractivity contribution is 6.06. The van der Waals surface area contributed by atoms with Crippen LogP contribution in [0.5, 0.6) is 5.75 Å². The van der Waals surface area contributed by atoms with E-state index in [4.69, 9.17) is 4.74 Å². The Morgan fingerprint density at radius 1 is 1.22 bits per heavy atom. The van der Waals surface area contributed by atoms with E-state index in [1.807, 2.05) is 18.2 Å². The van der Waals surface area contributed by atoms with Gasteiger partial charge in [0.05, 0.1) is 17.6 Å². The Kier molecular flexibility index (Phi) is 4.95. The van der Waals surface area contributed by atoms with Crippen LogP contribution in [0, 0.1) is 10.1 Å². The zero-order valence-corrected chi connectivity index (χ0v) is 13.2. The van der Waals surface area contributed by atoms with Crippen molar-refractivity contribution in [1.82, 2.24) is 0 Å². The number of carbonyl (C=O) groups excluding carboxylic acids is 1. The van der Waals surface area contributed by atoms with Gasteiger partial charge in [-0.05, 0) is 29.7 Å². The Bertz CT molecular complexity index is 741. The zero-order chi connectivity index (χ0) is 17.0. The van der Waals surface area contributed by atoms with E-state index < -0.39 is 10.8 Å². The van der Waals surface area contributed by atoms with Gasteiger partial charge in [-0.3, -0.25) is 14.9 Å². The average molecular weight is 314 g/mol. The molecule has 2 rings (SSSR count). The fourth-order valence-electron chi connectivity index (χ4n) is 2.16. The minimum Gasteiger partial charge on any atom is -0.496 e. The SMILES string of the molecule is COc1ccc([N+](=O)[O-])cc1C(=O)Nc1cccc(C(C)C)c1. The van der Waals surface area contributed by atoms with Gasteiger partial charge in [0.15, 0.2) is 0 Å². The van der Waals surface area contributed by atoms with E-state index in [1.54, 1.807) is 6.07 Å². The lowest BCUT2D eigenvalue weighted by Gasteiger charge is -2.11. The normalized spacial score (nSPS) is 10.4. The molecule has 0 saturated heterocycles. The van der Waals surface area contributed by atoms with E-state index in [0.29, 0.717) is 11.6 Å². The van der Waals surface area contributed by atoms with Gasteiger partial charge in [0.1, 0.15) is 5.75 Å². The van der Waals surface area contributed by atoms with Crippen LogP contribution in [-0.2, 0) is 0 Å². The summed E-state index contributed by atoms with van der Waals surface area (Å²) in [6.45, 7) is 4.12. The van der Waals surface area contributed by atoms with Crippen LogP contribution in [0.15, 0.2) is 42.5 Å². The van der Waals surface area contributed by atoms with Crippen molar-refractivity contribution < 1.29 is 14.5 Å². The highest BCUT2D eigenvalue weighted by Gasteiger charge is 2.17. The lowest BCUT2D eigenvalue weighted by Crippen LogP contribution is -2.13. The molecule has 2 aromatic carbocycles. The van der Waals surface area contributed by atoms with Crippen molar-refractivity contribution >= 4 is 17.3 Å². The first-order valence-corrected chi connectivity index (χ1v) is 7.16. The minimum absolute atomic E-state index is 0.122. The predicted octanol–water partition coefficient (Wildman–Crippen LogP) is 3.98. The third-order valence-electron chi connectivity index (χ3n) is 3.45. The van der Waals surface area contributed by atoms with Gasteiger partial charge >= 0.3 is 0 Å². The Balaban J connectivity index is 2.31. The van der Waals surface area contributed by atoms with E-state index >= 15 is 0 Å². The average Bonchev–Trinajstić information content (AvgIpc) is 2.54. The van der Waals surface area contributed by atoms with Crippen molar-refractivity contribution in [3.05, 3.63) is 63.7 Å². The number of anilines is 1. The number of hydrogen-bond donors (Lipinski definition) is 1. The lowest BCUT2D eigenvalue weighted by molar-refractivity contribution is -0.384. The van der Waals surface area contributed by atoms with E-state index in [9.17, 15) is 14.9 Å². The van der Waals surface area contributed by atoms with Crippen LogP contribution in [0.1, 0.15) is 35.7 Å². The molecular formula is C17H18N2O4. The highest BCUT2D eigenvalue weighted by Crippen LogP contribution is 2.25. The molecule has 0 atom stereocenters. The number of nitrogens with zero attached hydrogens (tertiary/aromatic N) is 1. The topological polar surface area (TPSA) is 81.5 Å². The van der Waals surface area contributed by atoms with Gasteiger partial charge in [-0.25, -0.2) is 0 Å². The quantitative estimate of drug-likeness (QED) is 0.668. The number of methoxy groups -OCH3 is 1. The number of ether oxygens (including phenoxy) is 1. The summed E-state index contributed by atoms with van der Waals surface area (Å²) < 4.78 is 5.12. The van der Waals surface area contributed by atoms with Crippen LogP contribution in [0.25, 0.3) is 0 Å². The van der Waals surface area contributed by atoms with Crippen LogP contribution in [-0.4, -0.2) is 17.9 Å². The maximum atomic E-state index is 12.4. The summed E-state index contributed by atoms with van der Waals surface area (Å²) in [7, 11) is 1.41. The highest BCUT2D eigenvalue weighted by atomic mass is 16.6. The first-order valence-electron chi connectivity index (χ1n) is 7.16. The Hall–Kier alpha value is -2.89. The molecule has 6 heteroatoms. The van der Waals surface area contributed by atoms with Crippen LogP contribution in [0.4, 0.5) is 11.4 Å².